The Morgan fingerprint density at radius 1 is 1.21 bits per heavy atom. The number of rotatable bonds is 6. The lowest BCUT2D eigenvalue weighted by molar-refractivity contribution is -0.142. The average molecular weight is 387 g/mol. The molecular formula is C22H34N4O2. The van der Waals surface area contributed by atoms with Crippen molar-refractivity contribution in [3.63, 3.8) is 0 Å². The van der Waals surface area contributed by atoms with Crippen LogP contribution in [0.5, 0.6) is 0 Å². The highest BCUT2D eigenvalue weighted by Crippen LogP contribution is 2.40. The van der Waals surface area contributed by atoms with Crippen LogP contribution >= 0.6 is 0 Å². The van der Waals surface area contributed by atoms with E-state index in [-0.39, 0.29) is 11.3 Å². The Kier molecular flexibility index (Phi) is 6.02. The lowest BCUT2D eigenvalue weighted by Gasteiger charge is -2.47. The highest BCUT2D eigenvalue weighted by atomic mass is 16.2. The molecule has 1 aromatic heterocycles. The quantitative estimate of drug-likeness (QED) is 0.816. The molecule has 0 unspecified atom stereocenters. The minimum Gasteiger partial charge on any atom is -0.348 e. The van der Waals surface area contributed by atoms with Crippen LogP contribution in [-0.4, -0.2) is 57.8 Å². The van der Waals surface area contributed by atoms with E-state index < -0.39 is 0 Å². The number of nitrogens with zero attached hydrogens (tertiary/aromatic N) is 3. The molecular weight excluding hydrogens is 352 g/mol. The maximum atomic E-state index is 12.6. The molecule has 2 saturated heterocycles. The van der Waals surface area contributed by atoms with Crippen LogP contribution in [0.25, 0.3) is 0 Å². The van der Waals surface area contributed by atoms with Gasteiger partial charge in [-0.1, -0.05) is 25.7 Å². The van der Waals surface area contributed by atoms with Gasteiger partial charge in [-0.15, -0.1) is 0 Å². The van der Waals surface area contributed by atoms with Crippen molar-refractivity contribution >= 4 is 11.8 Å². The Balaban J connectivity index is 1.25. The van der Waals surface area contributed by atoms with Gasteiger partial charge in [0.05, 0.1) is 6.33 Å². The fraction of sp³-hybridized carbons (Fsp3) is 0.773. The number of hydrogen-bond donors (Lipinski definition) is 1. The molecule has 6 nitrogen and oxygen atoms in total. The third kappa shape index (κ3) is 4.58. The van der Waals surface area contributed by atoms with Gasteiger partial charge in [0.1, 0.15) is 0 Å². The van der Waals surface area contributed by atoms with Crippen molar-refractivity contribution in [3.05, 3.63) is 18.2 Å². The first kappa shape index (κ1) is 19.5. The van der Waals surface area contributed by atoms with E-state index in [1.165, 1.54) is 25.7 Å². The maximum Gasteiger partial charge on any atom is 0.222 e. The van der Waals surface area contributed by atoms with Gasteiger partial charge in [0.15, 0.2) is 0 Å². The molecule has 1 saturated carbocycles. The Morgan fingerprint density at radius 2 is 2.00 bits per heavy atom. The summed E-state index contributed by atoms with van der Waals surface area (Å²) < 4.78 is 0. The Bertz CT molecular complexity index is 658. The summed E-state index contributed by atoms with van der Waals surface area (Å²) in [6, 6.07) is 0. The summed E-state index contributed by atoms with van der Waals surface area (Å²) in [4.78, 5) is 36.3. The average Bonchev–Trinajstić information content (AvgIpc) is 3.42. The second-order valence-corrected chi connectivity index (χ2v) is 9.21. The SMILES string of the molecule is O=C(CCC1CCCC1)N1CCC2(CCC(=O)N(CCc3cnc[nH]3)C2)CC1. The zero-order valence-corrected chi connectivity index (χ0v) is 17.0. The van der Waals surface area contributed by atoms with Crippen LogP contribution in [0.2, 0.25) is 0 Å². The molecule has 3 fully saturated rings. The number of piperidine rings is 2. The molecule has 1 aliphatic carbocycles. The highest BCUT2D eigenvalue weighted by molar-refractivity contribution is 5.77. The van der Waals surface area contributed by atoms with E-state index >= 15 is 0 Å². The second kappa shape index (κ2) is 8.66. The third-order valence-electron chi connectivity index (χ3n) is 7.37. The van der Waals surface area contributed by atoms with E-state index in [1.54, 1.807) is 6.33 Å². The molecule has 6 heteroatoms. The van der Waals surface area contributed by atoms with Gasteiger partial charge < -0.3 is 14.8 Å². The van der Waals surface area contributed by atoms with Crippen LogP contribution in [0.15, 0.2) is 12.5 Å². The van der Waals surface area contributed by atoms with Crippen LogP contribution in [-0.2, 0) is 16.0 Å². The van der Waals surface area contributed by atoms with Gasteiger partial charge >= 0.3 is 0 Å². The van der Waals surface area contributed by atoms with E-state index in [2.05, 4.69) is 14.9 Å². The number of hydrogen-bond acceptors (Lipinski definition) is 3. The summed E-state index contributed by atoms with van der Waals surface area (Å²) in [6.45, 7) is 3.34. The third-order valence-corrected chi connectivity index (χ3v) is 7.37. The molecule has 28 heavy (non-hydrogen) atoms. The van der Waals surface area contributed by atoms with E-state index in [4.69, 9.17) is 0 Å². The predicted molar refractivity (Wildman–Crippen MR) is 108 cm³/mol. The van der Waals surface area contributed by atoms with E-state index in [9.17, 15) is 9.59 Å². The smallest absolute Gasteiger partial charge is 0.222 e. The fourth-order valence-electron chi connectivity index (χ4n) is 5.41. The standard InChI is InChI=1S/C22H34N4O2/c27-20(6-5-18-3-1-2-4-18)25-13-10-22(11-14-25)9-7-21(28)26(16-22)12-8-19-15-23-17-24-19/h15,17-18H,1-14,16H2,(H,23,24). The number of carbonyl (C=O) groups is 2. The zero-order valence-electron chi connectivity index (χ0n) is 17.0. The van der Waals surface area contributed by atoms with Gasteiger partial charge in [0, 0.05) is 57.3 Å². The highest BCUT2D eigenvalue weighted by Gasteiger charge is 2.41. The summed E-state index contributed by atoms with van der Waals surface area (Å²) >= 11 is 0. The van der Waals surface area contributed by atoms with E-state index in [0.29, 0.717) is 12.3 Å². The predicted octanol–water partition coefficient (Wildman–Crippen LogP) is 3.15. The number of aromatic nitrogens is 2. The van der Waals surface area contributed by atoms with Gasteiger partial charge in [-0.2, -0.15) is 0 Å². The number of imidazole rings is 1. The van der Waals surface area contributed by atoms with Crippen molar-refractivity contribution in [3.8, 4) is 0 Å². The molecule has 3 heterocycles. The first-order valence-electron chi connectivity index (χ1n) is 11.2. The molecule has 2 aliphatic heterocycles. The molecule has 1 spiro atoms. The van der Waals surface area contributed by atoms with Crippen molar-refractivity contribution in [2.75, 3.05) is 26.2 Å². The molecule has 0 radical (unpaired) electrons. The van der Waals surface area contributed by atoms with Crippen LogP contribution in [0.4, 0.5) is 0 Å². The number of nitrogens with one attached hydrogen (secondary N) is 1. The van der Waals surface area contributed by atoms with E-state index in [1.807, 2.05) is 11.1 Å². The van der Waals surface area contributed by atoms with Crippen molar-refractivity contribution in [1.82, 2.24) is 19.8 Å². The molecule has 154 valence electrons. The molecule has 4 rings (SSSR count). The minimum atomic E-state index is 0.212. The van der Waals surface area contributed by atoms with Gasteiger partial charge in [-0.05, 0) is 37.0 Å². The van der Waals surface area contributed by atoms with Crippen molar-refractivity contribution in [2.24, 2.45) is 11.3 Å². The zero-order chi connectivity index (χ0) is 19.4. The molecule has 0 bridgehead atoms. The number of carbonyl (C=O) groups excluding carboxylic acids is 2. The lowest BCUT2D eigenvalue weighted by atomic mass is 9.72. The normalized spacial score (nSPS) is 22.9. The number of H-pyrrole nitrogens is 1. The number of amides is 2. The summed E-state index contributed by atoms with van der Waals surface area (Å²) in [7, 11) is 0. The topological polar surface area (TPSA) is 69.3 Å². The monoisotopic (exact) mass is 386 g/mol. The molecule has 3 aliphatic rings. The van der Waals surface area contributed by atoms with Crippen LogP contribution in [0.3, 0.4) is 0 Å². The minimum absolute atomic E-state index is 0.212. The largest absolute Gasteiger partial charge is 0.348 e. The summed E-state index contributed by atoms with van der Waals surface area (Å²) in [5.41, 5.74) is 1.29. The lowest BCUT2D eigenvalue weighted by Crippen LogP contribution is -2.52. The summed E-state index contributed by atoms with van der Waals surface area (Å²) in [5.74, 6) is 1.41. The summed E-state index contributed by atoms with van der Waals surface area (Å²) in [6.07, 6.45) is 15.2. The van der Waals surface area contributed by atoms with Crippen LogP contribution in [0, 0.1) is 11.3 Å². The van der Waals surface area contributed by atoms with Crippen molar-refractivity contribution in [2.45, 2.75) is 70.6 Å². The maximum absolute atomic E-state index is 12.6. The Morgan fingerprint density at radius 3 is 2.71 bits per heavy atom. The Labute approximate surface area is 168 Å². The van der Waals surface area contributed by atoms with Crippen LogP contribution < -0.4 is 0 Å². The van der Waals surface area contributed by atoms with Gasteiger partial charge in [-0.25, -0.2) is 4.98 Å². The number of aromatic amines is 1. The van der Waals surface area contributed by atoms with E-state index in [0.717, 1.165) is 76.3 Å². The van der Waals surface area contributed by atoms with Gasteiger partial charge in [0.2, 0.25) is 11.8 Å². The first-order valence-corrected chi connectivity index (χ1v) is 11.2. The second-order valence-electron chi connectivity index (χ2n) is 9.21. The molecule has 0 atom stereocenters. The molecule has 1 aromatic rings. The van der Waals surface area contributed by atoms with Crippen molar-refractivity contribution < 1.29 is 9.59 Å². The molecule has 2 amide bonds. The summed E-state index contributed by atoms with van der Waals surface area (Å²) in [5, 5.41) is 0. The fourth-order valence-corrected chi connectivity index (χ4v) is 5.41. The first-order chi connectivity index (χ1) is 13.6. The molecule has 1 N–H and O–H groups in total. The van der Waals surface area contributed by atoms with Crippen molar-refractivity contribution in [1.29, 1.82) is 0 Å². The molecule has 0 aromatic carbocycles. The van der Waals surface area contributed by atoms with Gasteiger partial charge in [-0.3, -0.25) is 9.59 Å². The van der Waals surface area contributed by atoms with Gasteiger partial charge in [0.25, 0.3) is 0 Å². The number of likely N-dealkylation sites (tertiary alicyclic amines) is 2. The van der Waals surface area contributed by atoms with Crippen LogP contribution in [0.1, 0.15) is 69.9 Å². The Hall–Kier alpha value is -1.85.